The first-order valence-corrected chi connectivity index (χ1v) is 28.7. The zero-order chi connectivity index (χ0) is 42.2. The monoisotopic (exact) mass is 922 g/mol. The zero-order valence-electron chi connectivity index (χ0n) is 35.4. The summed E-state index contributed by atoms with van der Waals surface area (Å²) >= 11 is -5.95. The van der Waals surface area contributed by atoms with Gasteiger partial charge in [-0.25, -0.2) is 0 Å². The Morgan fingerprint density at radius 3 is 0.562 bits per heavy atom. The molecule has 0 aromatic heterocycles. The van der Waals surface area contributed by atoms with Crippen LogP contribution in [0.3, 0.4) is 0 Å². The zero-order valence-corrected chi connectivity index (χ0v) is 38.3. The molecular weight excluding hydrogens is 879 g/mol. The van der Waals surface area contributed by atoms with Gasteiger partial charge in [0.25, 0.3) is 0 Å². The number of hydrogen-bond acceptors (Lipinski definition) is 1. The number of carbonyl (C=O) groups is 1. The molecule has 0 heterocycles. The molecule has 9 aromatic rings. The third-order valence-corrected chi connectivity index (χ3v) is 36.9. The summed E-state index contributed by atoms with van der Waals surface area (Å²) in [6, 6.07) is 84.6. The van der Waals surface area contributed by atoms with Crippen LogP contribution in [0.15, 0.2) is 218 Å². The Labute approximate surface area is 378 Å². The molecule has 6 bridgehead atoms. The third kappa shape index (κ3) is 3.54. The Morgan fingerprint density at radius 2 is 0.422 bits per heavy atom. The SMILES string of the molecule is C[C](=O)[Sn]([C]12c3ccccc3C(c3ccccc31)c1ccccc12)([C]12c3ccccc3C(c3ccccc31)c1ccccc12)[C]12c3ccccc3C(c3ccccc31)c1ccccc12. The molecule has 0 spiro atoms. The van der Waals surface area contributed by atoms with Crippen molar-refractivity contribution >= 4 is 22.2 Å². The second kappa shape index (κ2) is 12.2. The van der Waals surface area contributed by atoms with Crippen LogP contribution in [0.1, 0.15) is 125 Å². The van der Waals surface area contributed by atoms with Gasteiger partial charge in [0.2, 0.25) is 0 Å². The fourth-order valence-corrected chi connectivity index (χ4v) is 41.6. The van der Waals surface area contributed by atoms with Gasteiger partial charge < -0.3 is 0 Å². The molecule has 0 atom stereocenters. The van der Waals surface area contributed by atoms with Crippen LogP contribution >= 0.6 is 0 Å². The first kappa shape index (κ1) is 35.9. The molecule has 0 saturated heterocycles. The van der Waals surface area contributed by atoms with E-state index in [2.05, 4.69) is 225 Å². The summed E-state index contributed by atoms with van der Waals surface area (Å²) in [5.74, 6) is 0.165. The van der Waals surface area contributed by atoms with Crippen molar-refractivity contribution in [3.05, 3.63) is 319 Å². The Kier molecular flexibility index (Phi) is 6.82. The van der Waals surface area contributed by atoms with Gasteiger partial charge in [-0.15, -0.1) is 0 Å². The summed E-state index contributed by atoms with van der Waals surface area (Å²) in [7, 11) is 0. The molecule has 18 rings (SSSR count). The summed E-state index contributed by atoms with van der Waals surface area (Å²) in [5, 5.41) is 0. The average molecular weight is 922 g/mol. The van der Waals surface area contributed by atoms with Gasteiger partial charge in [-0.3, -0.25) is 0 Å². The summed E-state index contributed by atoms with van der Waals surface area (Å²) in [5.41, 5.74) is 24.0. The minimum absolute atomic E-state index is 0.0549. The van der Waals surface area contributed by atoms with E-state index >= 15 is 4.79 Å². The predicted octanol–water partition coefficient (Wildman–Crippen LogP) is 12.7. The van der Waals surface area contributed by atoms with Crippen molar-refractivity contribution in [3.8, 4) is 0 Å². The Bertz CT molecular complexity index is 2850. The molecular formula is C62H42OSn. The van der Waals surface area contributed by atoms with E-state index in [0.29, 0.717) is 3.80 Å². The van der Waals surface area contributed by atoms with Gasteiger partial charge in [0.1, 0.15) is 0 Å². The van der Waals surface area contributed by atoms with E-state index in [0.717, 1.165) is 0 Å². The van der Waals surface area contributed by atoms with Crippen molar-refractivity contribution in [2.45, 2.75) is 35.0 Å². The van der Waals surface area contributed by atoms with E-state index in [9.17, 15) is 0 Å². The van der Waals surface area contributed by atoms with Gasteiger partial charge in [0, 0.05) is 0 Å². The summed E-state index contributed by atoms with van der Waals surface area (Å²) in [6.07, 6.45) is 0. The molecule has 0 amide bonds. The van der Waals surface area contributed by atoms with E-state index in [1.807, 2.05) is 0 Å². The Balaban J connectivity index is 1.34. The van der Waals surface area contributed by atoms with Crippen LogP contribution in [0.5, 0.6) is 0 Å². The van der Waals surface area contributed by atoms with E-state index < -0.39 is 28.7 Å². The van der Waals surface area contributed by atoms with Crippen LogP contribution in [0.25, 0.3) is 0 Å². The topological polar surface area (TPSA) is 17.1 Å². The molecule has 0 unspecified atom stereocenters. The summed E-state index contributed by atoms with van der Waals surface area (Å²) in [6.45, 7) is 2.09. The van der Waals surface area contributed by atoms with E-state index in [4.69, 9.17) is 0 Å². The molecule has 0 saturated carbocycles. The maximum absolute atomic E-state index is 18.1. The van der Waals surface area contributed by atoms with Gasteiger partial charge in [0.15, 0.2) is 0 Å². The van der Waals surface area contributed by atoms with Crippen molar-refractivity contribution in [2.75, 3.05) is 0 Å². The first-order chi connectivity index (χ1) is 31.6. The normalized spacial score (nSPS) is 25.5. The third-order valence-electron chi connectivity index (χ3n) is 17.3. The van der Waals surface area contributed by atoms with Crippen molar-refractivity contribution < 1.29 is 4.79 Å². The number of carbonyl (C=O) groups excluding carboxylic acids is 1. The molecule has 0 fully saturated rings. The van der Waals surface area contributed by atoms with Gasteiger partial charge in [-0.2, -0.15) is 0 Å². The van der Waals surface area contributed by atoms with Crippen molar-refractivity contribution in [1.29, 1.82) is 0 Å². The van der Waals surface area contributed by atoms with Gasteiger partial charge >= 0.3 is 380 Å². The molecule has 9 aliphatic rings. The minimum atomic E-state index is -5.95. The number of rotatable bonds is 4. The summed E-state index contributed by atoms with van der Waals surface area (Å²) < 4.78 is -2.18. The second-order valence-electron chi connectivity index (χ2n) is 19.1. The standard InChI is InChI=1S/3C20H13.C2H3O.Sn/c3*1-2-8-14-13(7-1)19-15-9-3-5-11-17(15)20(14)18-12-6-4-10-16(18)19;1-2-3;/h3*1-12,19H;1H3;. The van der Waals surface area contributed by atoms with Crippen molar-refractivity contribution in [2.24, 2.45) is 0 Å². The maximum atomic E-state index is 18.1. The van der Waals surface area contributed by atoms with Crippen LogP contribution in [-0.2, 0) is 15.1 Å². The quantitative estimate of drug-likeness (QED) is 0.161. The first-order valence-electron chi connectivity index (χ1n) is 23.0. The van der Waals surface area contributed by atoms with E-state index in [1.165, 1.54) is 100 Å². The molecule has 1 nitrogen and oxygen atoms in total. The second-order valence-corrected chi connectivity index (χ2v) is 31.9. The van der Waals surface area contributed by atoms with Gasteiger partial charge in [0.05, 0.1) is 0 Å². The molecule has 0 N–H and O–H groups in total. The Morgan fingerprint density at radius 1 is 0.281 bits per heavy atom. The van der Waals surface area contributed by atoms with Crippen LogP contribution < -0.4 is 0 Å². The van der Waals surface area contributed by atoms with Crippen LogP contribution in [0.4, 0.5) is 0 Å². The molecule has 64 heavy (non-hydrogen) atoms. The Hall–Kier alpha value is -6.55. The number of benzene rings is 9. The molecule has 9 aromatic carbocycles. The van der Waals surface area contributed by atoms with Crippen molar-refractivity contribution in [1.82, 2.24) is 0 Å². The van der Waals surface area contributed by atoms with E-state index in [1.54, 1.807) is 0 Å². The molecule has 0 radical (unpaired) electrons. The van der Waals surface area contributed by atoms with Gasteiger partial charge in [-0.1, -0.05) is 0 Å². The van der Waals surface area contributed by atoms with E-state index in [-0.39, 0.29) is 17.8 Å². The molecule has 9 aliphatic carbocycles. The molecule has 300 valence electrons. The van der Waals surface area contributed by atoms with Crippen molar-refractivity contribution in [3.63, 3.8) is 0 Å². The van der Waals surface area contributed by atoms with Gasteiger partial charge in [-0.05, 0) is 0 Å². The molecule has 0 aliphatic heterocycles. The summed E-state index contributed by atoms with van der Waals surface area (Å²) in [4.78, 5) is 18.1. The molecule has 2 heteroatoms. The van der Waals surface area contributed by atoms with Crippen LogP contribution in [0.2, 0.25) is 0 Å². The fraction of sp³-hybridized carbons (Fsp3) is 0.113. The fourth-order valence-electron chi connectivity index (χ4n) is 16.1. The van der Waals surface area contributed by atoms with Crippen LogP contribution in [0, 0.1) is 0 Å². The average Bonchev–Trinajstić information content (AvgIpc) is 3.36. The van der Waals surface area contributed by atoms with Crippen LogP contribution in [-0.4, -0.2) is 22.2 Å². The predicted molar refractivity (Wildman–Crippen MR) is 257 cm³/mol. The number of hydrogen-bond donors (Lipinski definition) is 0.